The van der Waals surface area contributed by atoms with Gasteiger partial charge in [0.25, 0.3) is 0 Å². The molecule has 0 saturated carbocycles. The molecule has 0 aromatic heterocycles. The van der Waals surface area contributed by atoms with Crippen LogP contribution in [0.2, 0.25) is 0 Å². The predicted octanol–water partition coefficient (Wildman–Crippen LogP) is 4.51. The van der Waals surface area contributed by atoms with Gasteiger partial charge in [-0.1, -0.05) is 78.8 Å². The second-order valence-corrected chi connectivity index (χ2v) is 8.90. The summed E-state index contributed by atoms with van der Waals surface area (Å²) < 4.78 is 11.1. The zero-order valence-electron chi connectivity index (χ0n) is 16.6. The summed E-state index contributed by atoms with van der Waals surface area (Å²) in [4.78, 5) is 26.0. The lowest BCUT2D eigenvalue weighted by molar-refractivity contribution is -0.168. The minimum absolute atomic E-state index is 0.179. The van der Waals surface area contributed by atoms with E-state index < -0.39 is 17.4 Å². The zero-order chi connectivity index (χ0) is 19.3. The molecule has 25 heavy (non-hydrogen) atoms. The molecule has 0 fully saturated rings. The van der Waals surface area contributed by atoms with E-state index >= 15 is 0 Å². The van der Waals surface area contributed by atoms with Crippen molar-refractivity contribution in [1.82, 2.24) is 0 Å². The molecule has 0 radical (unpaired) electrons. The van der Waals surface area contributed by atoms with E-state index in [-0.39, 0.29) is 30.5 Å². The number of hydrogen-bond donors (Lipinski definition) is 0. The zero-order valence-corrected chi connectivity index (χ0v) is 16.6. The van der Waals surface area contributed by atoms with Gasteiger partial charge in [-0.2, -0.15) is 0 Å². The second-order valence-electron chi connectivity index (χ2n) is 8.90. The molecule has 0 aliphatic heterocycles. The van der Waals surface area contributed by atoms with E-state index in [0.29, 0.717) is 5.56 Å². The Hall–Kier alpha value is -1.84. The van der Waals surface area contributed by atoms with Crippen LogP contribution >= 0.6 is 0 Å². The normalized spacial score (nSPS) is 12.6. The lowest BCUT2D eigenvalue weighted by atomic mass is 9.78. The molecule has 4 heteroatoms. The van der Waals surface area contributed by atoms with Gasteiger partial charge >= 0.3 is 11.9 Å². The van der Waals surface area contributed by atoms with Crippen LogP contribution in [0.3, 0.4) is 0 Å². The summed E-state index contributed by atoms with van der Waals surface area (Å²) in [7, 11) is 0. The maximum atomic E-state index is 13.0. The number of carbonyl (C=O) groups excluding carboxylic acids is 2. The summed E-state index contributed by atoms with van der Waals surface area (Å²) in [5.74, 6) is -1.09. The Morgan fingerprint density at radius 1 is 0.800 bits per heavy atom. The van der Waals surface area contributed by atoms with E-state index in [9.17, 15) is 9.59 Å². The molecule has 1 rings (SSSR count). The highest BCUT2D eigenvalue weighted by Gasteiger charge is 2.49. The van der Waals surface area contributed by atoms with Crippen LogP contribution in [0.4, 0.5) is 0 Å². The molecule has 0 aliphatic rings. The first kappa shape index (κ1) is 21.2. The van der Waals surface area contributed by atoms with Gasteiger partial charge < -0.3 is 9.47 Å². The smallest absolute Gasteiger partial charge is 0.328 e. The molecule has 0 spiro atoms. The molecular formula is C21H32O4. The third kappa shape index (κ3) is 5.87. The van der Waals surface area contributed by atoms with Gasteiger partial charge in [-0.25, -0.2) is 0 Å². The Morgan fingerprint density at radius 3 is 1.52 bits per heavy atom. The molecule has 0 N–H and O–H groups in total. The van der Waals surface area contributed by atoms with Crippen LogP contribution < -0.4 is 0 Å². The fourth-order valence-electron chi connectivity index (χ4n) is 2.35. The topological polar surface area (TPSA) is 52.6 Å². The van der Waals surface area contributed by atoms with Crippen LogP contribution in [0.5, 0.6) is 0 Å². The van der Waals surface area contributed by atoms with Crippen LogP contribution in [-0.4, -0.2) is 25.2 Å². The van der Waals surface area contributed by atoms with Gasteiger partial charge in [0.05, 0.1) is 13.2 Å². The summed E-state index contributed by atoms with van der Waals surface area (Å²) in [5, 5.41) is 0. The van der Waals surface area contributed by atoms with Gasteiger partial charge in [0.1, 0.15) is 0 Å². The molecular weight excluding hydrogens is 316 g/mol. The highest BCUT2D eigenvalue weighted by Crippen LogP contribution is 2.33. The van der Waals surface area contributed by atoms with Crippen molar-refractivity contribution in [2.24, 2.45) is 10.8 Å². The fourth-order valence-corrected chi connectivity index (χ4v) is 2.35. The van der Waals surface area contributed by atoms with E-state index in [1.807, 2.05) is 66.7 Å². The van der Waals surface area contributed by atoms with Crippen molar-refractivity contribution < 1.29 is 19.1 Å². The number of ether oxygens (including phenoxy) is 2. The SMILES string of the molecule is CCC(C(=O)OCC(C)(C)C)(C(=O)OCC(C)(C)C)c1ccccc1. The maximum Gasteiger partial charge on any atom is 0.328 e. The molecule has 0 bridgehead atoms. The lowest BCUT2D eigenvalue weighted by Gasteiger charge is -2.31. The van der Waals surface area contributed by atoms with E-state index in [2.05, 4.69) is 0 Å². The fraction of sp³-hybridized carbons (Fsp3) is 0.619. The quantitative estimate of drug-likeness (QED) is 0.560. The summed E-state index contributed by atoms with van der Waals surface area (Å²) >= 11 is 0. The van der Waals surface area contributed by atoms with Gasteiger partial charge in [-0.15, -0.1) is 0 Å². The van der Waals surface area contributed by atoms with Crippen LogP contribution in [0.15, 0.2) is 30.3 Å². The van der Waals surface area contributed by atoms with E-state index in [0.717, 1.165) is 0 Å². The molecule has 0 aliphatic carbocycles. The molecule has 0 amide bonds. The molecule has 1 aromatic carbocycles. The number of rotatable bonds is 6. The first-order valence-corrected chi connectivity index (χ1v) is 8.82. The molecule has 0 heterocycles. The molecule has 0 unspecified atom stereocenters. The Kier molecular flexibility index (Phi) is 6.81. The van der Waals surface area contributed by atoms with Crippen molar-refractivity contribution >= 4 is 11.9 Å². The van der Waals surface area contributed by atoms with Gasteiger partial charge in [0.15, 0.2) is 5.41 Å². The first-order chi connectivity index (χ1) is 11.4. The van der Waals surface area contributed by atoms with Crippen LogP contribution in [0.1, 0.15) is 60.5 Å². The van der Waals surface area contributed by atoms with Crippen molar-refractivity contribution in [2.45, 2.75) is 60.3 Å². The van der Waals surface area contributed by atoms with Crippen molar-refractivity contribution in [3.63, 3.8) is 0 Å². The van der Waals surface area contributed by atoms with Crippen molar-refractivity contribution in [1.29, 1.82) is 0 Å². The van der Waals surface area contributed by atoms with Crippen molar-refractivity contribution in [3.8, 4) is 0 Å². The maximum absolute atomic E-state index is 13.0. The summed E-state index contributed by atoms with van der Waals surface area (Å²) in [5.41, 5.74) is -1.18. The summed E-state index contributed by atoms with van der Waals surface area (Å²) in [6, 6.07) is 9.03. The number of carbonyl (C=O) groups is 2. The summed E-state index contributed by atoms with van der Waals surface area (Å²) in [6.07, 6.45) is 0.281. The number of benzene rings is 1. The number of esters is 2. The Bertz CT molecular complexity index is 546. The minimum atomic E-state index is -1.43. The molecule has 0 atom stereocenters. The highest BCUT2D eigenvalue weighted by atomic mass is 16.6. The van der Waals surface area contributed by atoms with Crippen LogP contribution in [0.25, 0.3) is 0 Å². The van der Waals surface area contributed by atoms with Gasteiger partial charge in [0, 0.05) is 0 Å². The highest BCUT2D eigenvalue weighted by molar-refractivity contribution is 6.06. The molecule has 0 saturated heterocycles. The minimum Gasteiger partial charge on any atom is -0.464 e. The molecule has 1 aromatic rings. The van der Waals surface area contributed by atoms with E-state index in [4.69, 9.17) is 9.47 Å². The summed E-state index contributed by atoms with van der Waals surface area (Å²) in [6.45, 7) is 14.2. The number of hydrogen-bond acceptors (Lipinski definition) is 4. The average Bonchev–Trinajstić information content (AvgIpc) is 2.52. The molecule has 140 valence electrons. The standard InChI is InChI=1S/C21H32O4/c1-8-21(16-12-10-9-11-13-16,17(22)24-14-19(2,3)4)18(23)25-15-20(5,6)7/h9-13H,8,14-15H2,1-7H3. The average molecular weight is 348 g/mol. The molecule has 4 nitrogen and oxygen atoms in total. The Labute approximate surface area is 151 Å². The van der Waals surface area contributed by atoms with Crippen LogP contribution in [-0.2, 0) is 24.5 Å². The van der Waals surface area contributed by atoms with Gasteiger partial charge in [-0.3, -0.25) is 9.59 Å². The van der Waals surface area contributed by atoms with Gasteiger partial charge in [-0.05, 0) is 22.8 Å². The van der Waals surface area contributed by atoms with Crippen LogP contribution in [0, 0.1) is 10.8 Å². The van der Waals surface area contributed by atoms with E-state index in [1.54, 1.807) is 12.1 Å². The van der Waals surface area contributed by atoms with E-state index in [1.165, 1.54) is 0 Å². The van der Waals surface area contributed by atoms with Gasteiger partial charge in [0.2, 0.25) is 0 Å². The monoisotopic (exact) mass is 348 g/mol. The Morgan fingerprint density at radius 2 is 1.20 bits per heavy atom. The van der Waals surface area contributed by atoms with Crippen molar-refractivity contribution in [2.75, 3.05) is 13.2 Å². The van der Waals surface area contributed by atoms with Crippen molar-refractivity contribution in [3.05, 3.63) is 35.9 Å². The second kappa shape index (κ2) is 8.03. The Balaban J connectivity index is 3.20. The third-order valence-electron chi connectivity index (χ3n) is 3.77. The predicted molar refractivity (Wildman–Crippen MR) is 99.2 cm³/mol. The largest absolute Gasteiger partial charge is 0.464 e. The third-order valence-corrected chi connectivity index (χ3v) is 3.77. The first-order valence-electron chi connectivity index (χ1n) is 8.82. The lowest BCUT2D eigenvalue weighted by Crippen LogP contribution is -2.47.